The first-order valence-electron chi connectivity index (χ1n) is 7.31. The number of hydrogen-bond acceptors (Lipinski definition) is 4. The molecule has 0 aliphatic carbocycles. The van der Waals surface area contributed by atoms with Crippen LogP contribution in [0.5, 0.6) is 5.75 Å². The molecule has 1 aliphatic rings. The lowest BCUT2D eigenvalue weighted by atomic mass is 10.1. The zero-order chi connectivity index (χ0) is 16.9. The van der Waals surface area contributed by atoms with E-state index in [1.165, 1.54) is 5.56 Å². The van der Waals surface area contributed by atoms with Gasteiger partial charge in [-0.3, -0.25) is 4.79 Å². The minimum absolute atomic E-state index is 0.289. The SMILES string of the molecule is C1=COc2ccccc2C1.O=C(O)c1cc(=O)c2ccccc2o1. The lowest BCUT2D eigenvalue weighted by Crippen LogP contribution is -2.05. The third kappa shape index (κ3) is 3.35. The first-order valence-corrected chi connectivity index (χ1v) is 7.31. The molecule has 24 heavy (non-hydrogen) atoms. The second-order valence-electron chi connectivity index (χ2n) is 5.08. The summed E-state index contributed by atoms with van der Waals surface area (Å²) in [7, 11) is 0. The third-order valence-electron chi connectivity index (χ3n) is 3.45. The summed E-state index contributed by atoms with van der Waals surface area (Å²) in [4.78, 5) is 21.9. The Bertz CT molecular complexity index is 942. The van der Waals surface area contributed by atoms with Crippen molar-refractivity contribution in [1.82, 2.24) is 0 Å². The van der Waals surface area contributed by atoms with Crippen LogP contribution in [0.25, 0.3) is 11.0 Å². The summed E-state index contributed by atoms with van der Waals surface area (Å²) in [5.74, 6) is -0.591. The highest BCUT2D eigenvalue weighted by molar-refractivity contribution is 5.87. The molecule has 2 aromatic carbocycles. The normalized spacial score (nSPS) is 11.8. The maximum atomic E-state index is 11.4. The molecule has 0 saturated heterocycles. The van der Waals surface area contributed by atoms with Crippen LogP contribution in [0.4, 0.5) is 0 Å². The van der Waals surface area contributed by atoms with Crippen molar-refractivity contribution in [3.8, 4) is 5.75 Å². The maximum absolute atomic E-state index is 11.4. The monoisotopic (exact) mass is 322 g/mol. The van der Waals surface area contributed by atoms with Crippen LogP contribution < -0.4 is 10.2 Å². The molecule has 4 rings (SSSR count). The third-order valence-corrected chi connectivity index (χ3v) is 3.45. The van der Waals surface area contributed by atoms with Gasteiger partial charge in [-0.2, -0.15) is 0 Å². The Morgan fingerprint density at radius 1 is 1.04 bits per heavy atom. The van der Waals surface area contributed by atoms with Gasteiger partial charge in [0, 0.05) is 6.07 Å². The molecule has 0 amide bonds. The molecule has 0 spiro atoms. The number of hydrogen-bond donors (Lipinski definition) is 1. The Balaban J connectivity index is 0.000000149. The van der Waals surface area contributed by atoms with Crippen LogP contribution in [0.3, 0.4) is 0 Å². The van der Waals surface area contributed by atoms with E-state index >= 15 is 0 Å². The van der Waals surface area contributed by atoms with Crippen LogP contribution in [-0.4, -0.2) is 11.1 Å². The number of allylic oxidation sites excluding steroid dienone is 1. The molecule has 1 aliphatic heterocycles. The van der Waals surface area contributed by atoms with Crippen LogP contribution in [-0.2, 0) is 6.42 Å². The minimum Gasteiger partial charge on any atom is -0.475 e. The molecule has 0 atom stereocenters. The van der Waals surface area contributed by atoms with Gasteiger partial charge in [0.1, 0.15) is 11.3 Å². The van der Waals surface area contributed by atoms with Gasteiger partial charge in [-0.05, 0) is 36.3 Å². The van der Waals surface area contributed by atoms with Gasteiger partial charge in [0.2, 0.25) is 5.76 Å². The molecule has 2 heterocycles. The number of carboxylic acids is 1. The van der Waals surface area contributed by atoms with Crippen molar-refractivity contribution in [3.05, 3.63) is 88.5 Å². The molecule has 0 bridgehead atoms. The molecule has 5 heteroatoms. The van der Waals surface area contributed by atoms with Gasteiger partial charge in [0.15, 0.2) is 5.43 Å². The summed E-state index contributed by atoms with van der Waals surface area (Å²) in [6, 6.07) is 15.6. The summed E-state index contributed by atoms with van der Waals surface area (Å²) in [6.07, 6.45) is 4.75. The van der Waals surface area contributed by atoms with E-state index in [0.717, 1.165) is 18.2 Å². The molecule has 3 aromatic rings. The Labute approximate surface area is 137 Å². The van der Waals surface area contributed by atoms with E-state index in [2.05, 4.69) is 6.07 Å². The number of ether oxygens (including phenoxy) is 1. The molecule has 120 valence electrons. The molecular weight excluding hydrogens is 308 g/mol. The highest BCUT2D eigenvalue weighted by atomic mass is 16.5. The lowest BCUT2D eigenvalue weighted by Gasteiger charge is -2.09. The smallest absolute Gasteiger partial charge is 0.371 e. The average molecular weight is 322 g/mol. The van der Waals surface area contributed by atoms with Crippen molar-refractivity contribution in [1.29, 1.82) is 0 Å². The Hall–Kier alpha value is -3.34. The Kier molecular flexibility index (Phi) is 4.43. The lowest BCUT2D eigenvalue weighted by molar-refractivity contribution is 0.0663. The van der Waals surface area contributed by atoms with E-state index in [-0.39, 0.29) is 16.8 Å². The summed E-state index contributed by atoms with van der Waals surface area (Å²) in [5.41, 5.74) is 1.21. The van der Waals surface area contributed by atoms with Gasteiger partial charge in [-0.15, -0.1) is 0 Å². The van der Waals surface area contributed by atoms with Crippen molar-refractivity contribution in [2.45, 2.75) is 6.42 Å². The highest BCUT2D eigenvalue weighted by Gasteiger charge is 2.09. The van der Waals surface area contributed by atoms with Gasteiger partial charge in [-0.25, -0.2) is 4.79 Å². The molecule has 5 nitrogen and oxygen atoms in total. The van der Waals surface area contributed by atoms with Crippen LogP contribution in [0, 0.1) is 0 Å². The number of rotatable bonds is 1. The highest BCUT2D eigenvalue weighted by Crippen LogP contribution is 2.21. The Morgan fingerprint density at radius 2 is 1.79 bits per heavy atom. The largest absolute Gasteiger partial charge is 0.475 e. The van der Waals surface area contributed by atoms with Crippen LogP contribution in [0.15, 0.2) is 76.1 Å². The zero-order valence-corrected chi connectivity index (χ0v) is 12.6. The summed E-state index contributed by atoms with van der Waals surface area (Å²) in [6.45, 7) is 0. The number of para-hydroxylation sites is 2. The Morgan fingerprint density at radius 3 is 2.58 bits per heavy atom. The quantitative estimate of drug-likeness (QED) is 0.740. The second kappa shape index (κ2) is 6.83. The first-order chi connectivity index (χ1) is 11.6. The van der Waals surface area contributed by atoms with Crippen LogP contribution in [0.2, 0.25) is 0 Å². The van der Waals surface area contributed by atoms with Gasteiger partial charge < -0.3 is 14.3 Å². The number of aromatic carboxylic acids is 1. The van der Waals surface area contributed by atoms with E-state index in [1.54, 1.807) is 30.5 Å². The molecule has 0 unspecified atom stereocenters. The molecular formula is C19H14O5. The van der Waals surface area contributed by atoms with Gasteiger partial charge >= 0.3 is 5.97 Å². The van der Waals surface area contributed by atoms with Crippen molar-refractivity contribution in [2.24, 2.45) is 0 Å². The topological polar surface area (TPSA) is 76.7 Å². The molecule has 0 fully saturated rings. The molecule has 0 radical (unpaired) electrons. The van der Waals surface area contributed by atoms with Crippen LogP contribution in [0.1, 0.15) is 16.1 Å². The number of carbonyl (C=O) groups is 1. The van der Waals surface area contributed by atoms with Gasteiger partial charge in [0.05, 0.1) is 11.6 Å². The fourth-order valence-corrected chi connectivity index (χ4v) is 2.29. The maximum Gasteiger partial charge on any atom is 0.371 e. The van der Waals surface area contributed by atoms with Crippen molar-refractivity contribution in [2.75, 3.05) is 0 Å². The molecule has 1 aromatic heterocycles. The van der Waals surface area contributed by atoms with E-state index in [9.17, 15) is 9.59 Å². The summed E-state index contributed by atoms with van der Waals surface area (Å²) in [5, 5.41) is 9.02. The standard InChI is InChI=1S/C10H6O4.C9H8O/c11-7-5-9(10(12)13)14-8-4-2-1-3-6(7)8;1-2-6-9-8(4-1)5-3-7-10-9/h1-5H,(H,12,13);1-4,6-7H,5H2. The predicted molar refractivity (Wildman–Crippen MR) is 89.4 cm³/mol. The zero-order valence-electron chi connectivity index (χ0n) is 12.6. The van der Waals surface area contributed by atoms with Crippen molar-refractivity contribution in [3.63, 3.8) is 0 Å². The summed E-state index contributed by atoms with van der Waals surface area (Å²) < 4.78 is 10.2. The van der Waals surface area contributed by atoms with E-state index < -0.39 is 5.97 Å². The van der Waals surface area contributed by atoms with E-state index in [4.69, 9.17) is 14.3 Å². The fourth-order valence-electron chi connectivity index (χ4n) is 2.29. The minimum atomic E-state index is -1.24. The second-order valence-corrected chi connectivity index (χ2v) is 5.08. The van der Waals surface area contributed by atoms with Gasteiger partial charge in [0.25, 0.3) is 0 Å². The number of carboxylic acid groups (broad SMARTS) is 1. The molecule has 1 N–H and O–H groups in total. The number of fused-ring (bicyclic) bond motifs is 2. The van der Waals surface area contributed by atoms with Gasteiger partial charge in [-0.1, -0.05) is 30.3 Å². The van der Waals surface area contributed by atoms with Crippen molar-refractivity contribution < 1.29 is 19.1 Å². The average Bonchev–Trinajstić information content (AvgIpc) is 2.62. The molecule has 0 saturated carbocycles. The van der Waals surface area contributed by atoms with E-state index in [0.29, 0.717) is 5.39 Å². The predicted octanol–water partition coefficient (Wildman–Crippen LogP) is 3.63. The fraction of sp³-hybridized carbons (Fsp3) is 0.0526. The number of benzene rings is 2. The van der Waals surface area contributed by atoms with Crippen molar-refractivity contribution >= 4 is 16.9 Å². The first kappa shape index (κ1) is 15.6. The van der Waals surface area contributed by atoms with Crippen LogP contribution >= 0.6 is 0 Å². The summed E-state index contributed by atoms with van der Waals surface area (Å²) >= 11 is 0. The van der Waals surface area contributed by atoms with E-state index in [1.807, 2.05) is 24.3 Å².